The Bertz CT molecular complexity index is 486. The van der Waals surface area contributed by atoms with Crippen LogP contribution in [0.2, 0.25) is 0 Å². The molecular weight excluding hydrogens is 268 g/mol. The number of carbonyl (C=O) groups excluding carboxylic acids is 1. The fraction of sp³-hybridized carbons (Fsp3) is 0.562. The second kappa shape index (κ2) is 6.91. The minimum absolute atomic E-state index is 0.311. The van der Waals surface area contributed by atoms with Crippen molar-refractivity contribution in [3.63, 3.8) is 0 Å². The maximum atomic E-state index is 10.7. The number of benzene rings is 1. The van der Waals surface area contributed by atoms with Crippen molar-refractivity contribution in [2.75, 3.05) is 33.0 Å². The second-order valence-corrected chi connectivity index (χ2v) is 5.58. The predicted octanol–water partition coefficient (Wildman–Crippen LogP) is 1.21. The number of nitrogens with one attached hydrogen (secondary N) is 1. The topological polar surface area (TPSA) is 50.8 Å². The summed E-state index contributed by atoms with van der Waals surface area (Å²) in [5.41, 5.74) is 1.24. The van der Waals surface area contributed by atoms with Crippen molar-refractivity contribution in [1.82, 2.24) is 10.2 Å². The summed E-state index contributed by atoms with van der Waals surface area (Å²) in [6, 6.07) is 6.56. The number of hydrogen-bond acceptors (Lipinski definition) is 5. The van der Waals surface area contributed by atoms with Crippen LogP contribution in [0.3, 0.4) is 0 Å². The van der Waals surface area contributed by atoms with Crippen LogP contribution in [0.1, 0.15) is 18.4 Å². The Kier molecular flexibility index (Phi) is 4.72. The van der Waals surface area contributed by atoms with Gasteiger partial charge in [0.05, 0.1) is 0 Å². The average molecular weight is 290 g/mol. The average Bonchev–Trinajstić information content (AvgIpc) is 3.00. The molecule has 0 bridgehead atoms. The minimum Gasteiger partial charge on any atom is -0.454 e. The molecule has 114 valence electrons. The second-order valence-electron chi connectivity index (χ2n) is 5.58. The summed E-state index contributed by atoms with van der Waals surface area (Å²) in [6.07, 6.45) is 3.51. The Hall–Kier alpha value is -1.59. The molecule has 0 aromatic heterocycles. The Morgan fingerprint density at radius 3 is 2.86 bits per heavy atom. The lowest BCUT2D eigenvalue weighted by atomic mass is 9.99. The van der Waals surface area contributed by atoms with E-state index in [4.69, 9.17) is 9.47 Å². The predicted molar refractivity (Wildman–Crippen MR) is 79.8 cm³/mol. The number of aldehydes is 1. The molecule has 1 unspecified atom stereocenters. The van der Waals surface area contributed by atoms with E-state index < -0.39 is 0 Å². The van der Waals surface area contributed by atoms with Crippen molar-refractivity contribution in [3.8, 4) is 11.5 Å². The van der Waals surface area contributed by atoms with Crippen molar-refractivity contribution in [2.24, 2.45) is 0 Å². The highest BCUT2D eigenvalue weighted by Crippen LogP contribution is 2.33. The van der Waals surface area contributed by atoms with Crippen molar-refractivity contribution in [3.05, 3.63) is 23.8 Å². The Morgan fingerprint density at radius 1 is 1.24 bits per heavy atom. The van der Waals surface area contributed by atoms with Crippen molar-refractivity contribution in [2.45, 2.75) is 25.3 Å². The molecule has 1 N–H and O–H groups in total. The SMILES string of the molecule is O=CCCC(Cc1ccc2c(c1)OCO2)N1CCNCC1. The van der Waals surface area contributed by atoms with Crippen LogP contribution in [0.25, 0.3) is 0 Å². The third kappa shape index (κ3) is 3.54. The molecule has 0 saturated carbocycles. The molecule has 1 atom stereocenters. The summed E-state index contributed by atoms with van der Waals surface area (Å²) in [4.78, 5) is 13.2. The van der Waals surface area contributed by atoms with E-state index in [1.807, 2.05) is 6.07 Å². The van der Waals surface area contributed by atoms with Crippen LogP contribution in [0.4, 0.5) is 0 Å². The molecule has 1 saturated heterocycles. The molecule has 1 aromatic carbocycles. The molecule has 0 radical (unpaired) electrons. The zero-order valence-electron chi connectivity index (χ0n) is 12.2. The van der Waals surface area contributed by atoms with Gasteiger partial charge in [-0.25, -0.2) is 0 Å². The molecule has 21 heavy (non-hydrogen) atoms. The normalized spacial score (nSPS) is 19.4. The largest absolute Gasteiger partial charge is 0.454 e. The highest BCUT2D eigenvalue weighted by molar-refractivity contribution is 5.49. The van der Waals surface area contributed by atoms with Crippen LogP contribution < -0.4 is 14.8 Å². The number of carbonyl (C=O) groups is 1. The number of ether oxygens (including phenoxy) is 2. The smallest absolute Gasteiger partial charge is 0.231 e. The van der Waals surface area contributed by atoms with Crippen LogP contribution in [-0.2, 0) is 11.2 Å². The van der Waals surface area contributed by atoms with Gasteiger partial charge in [-0.1, -0.05) is 6.07 Å². The van der Waals surface area contributed by atoms with Crippen LogP contribution >= 0.6 is 0 Å². The number of hydrogen-bond donors (Lipinski definition) is 1. The van der Waals surface area contributed by atoms with Crippen LogP contribution in [0, 0.1) is 0 Å². The Morgan fingerprint density at radius 2 is 2.05 bits per heavy atom. The molecule has 5 heteroatoms. The number of fused-ring (bicyclic) bond motifs is 1. The van der Waals surface area contributed by atoms with E-state index in [2.05, 4.69) is 22.3 Å². The van der Waals surface area contributed by atoms with E-state index in [1.54, 1.807) is 0 Å². The third-order valence-electron chi connectivity index (χ3n) is 4.19. The van der Waals surface area contributed by atoms with Gasteiger partial charge in [0.1, 0.15) is 6.29 Å². The molecule has 2 heterocycles. The molecule has 0 aliphatic carbocycles. The first-order valence-electron chi connectivity index (χ1n) is 7.64. The molecule has 0 spiro atoms. The van der Waals surface area contributed by atoms with Gasteiger partial charge in [0.15, 0.2) is 11.5 Å². The molecule has 2 aliphatic heterocycles. The third-order valence-corrected chi connectivity index (χ3v) is 4.19. The van der Waals surface area contributed by atoms with Crippen molar-refractivity contribution >= 4 is 6.29 Å². The van der Waals surface area contributed by atoms with Gasteiger partial charge >= 0.3 is 0 Å². The standard InChI is InChI=1S/C16H22N2O3/c19-9-1-2-14(18-7-5-17-6-8-18)10-13-3-4-15-16(11-13)21-12-20-15/h3-4,9,11,14,17H,1-2,5-8,10,12H2. The first-order valence-corrected chi connectivity index (χ1v) is 7.64. The Labute approximate surface area is 125 Å². The van der Waals surface area contributed by atoms with E-state index in [-0.39, 0.29) is 0 Å². The lowest BCUT2D eigenvalue weighted by Gasteiger charge is -2.35. The van der Waals surface area contributed by atoms with Gasteiger partial charge in [-0.3, -0.25) is 4.90 Å². The summed E-state index contributed by atoms with van der Waals surface area (Å²) < 4.78 is 10.8. The van der Waals surface area contributed by atoms with Gasteiger partial charge in [-0.15, -0.1) is 0 Å². The van der Waals surface area contributed by atoms with Crippen molar-refractivity contribution in [1.29, 1.82) is 0 Å². The maximum Gasteiger partial charge on any atom is 0.231 e. The van der Waals surface area contributed by atoms with E-state index in [1.165, 1.54) is 5.56 Å². The van der Waals surface area contributed by atoms with Gasteiger partial charge in [-0.05, 0) is 30.5 Å². The van der Waals surface area contributed by atoms with E-state index >= 15 is 0 Å². The quantitative estimate of drug-likeness (QED) is 0.798. The molecule has 1 fully saturated rings. The minimum atomic E-state index is 0.311. The Balaban J connectivity index is 1.69. The molecular formula is C16H22N2O3. The summed E-state index contributed by atoms with van der Waals surface area (Å²) >= 11 is 0. The fourth-order valence-corrected chi connectivity index (χ4v) is 3.06. The van der Waals surface area contributed by atoms with Crippen LogP contribution in [-0.4, -0.2) is 50.2 Å². The molecule has 0 amide bonds. The number of rotatable bonds is 6. The summed E-state index contributed by atoms with van der Waals surface area (Å²) in [7, 11) is 0. The highest BCUT2D eigenvalue weighted by atomic mass is 16.7. The van der Waals surface area contributed by atoms with Crippen LogP contribution in [0.15, 0.2) is 18.2 Å². The summed E-state index contributed by atoms with van der Waals surface area (Å²) in [5.74, 6) is 1.66. The van der Waals surface area contributed by atoms with Gasteiger partial charge in [0, 0.05) is 38.6 Å². The number of piperazine rings is 1. The monoisotopic (exact) mass is 290 g/mol. The van der Waals surface area contributed by atoms with E-state index in [0.29, 0.717) is 19.3 Å². The van der Waals surface area contributed by atoms with Gasteiger partial charge < -0.3 is 19.6 Å². The summed E-state index contributed by atoms with van der Waals surface area (Å²) in [6.45, 7) is 4.46. The maximum absolute atomic E-state index is 10.7. The highest BCUT2D eigenvalue weighted by Gasteiger charge is 2.21. The van der Waals surface area contributed by atoms with Gasteiger partial charge in [0.25, 0.3) is 0 Å². The first-order chi connectivity index (χ1) is 10.4. The molecule has 5 nitrogen and oxygen atoms in total. The van der Waals surface area contributed by atoms with Crippen molar-refractivity contribution < 1.29 is 14.3 Å². The van der Waals surface area contributed by atoms with Crippen LogP contribution in [0.5, 0.6) is 11.5 Å². The molecule has 2 aliphatic rings. The van der Waals surface area contributed by atoms with Gasteiger partial charge in [-0.2, -0.15) is 0 Å². The zero-order valence-corrected chi connectivity index (χ0v) is 12.2. The summed E-state index contributed by atoms with van der Waals surface area (Å²) in [5, 5.41) is 3.38. The molecule has 3 rings (SSSR count). The first kappa shape index (κ1) is 14.4. The lowest BCUT2D eigenvalue weighted by molar-refractivity contribution is -0.108. The van der Waals surface area contributed by atoms with Gasteiger partial charge in [0.2, 0.25) is 6.79 Å². The fourth-order valence-electron chi connectivity index (χ4n) is 3.06. The molecule has 1 aromatic rings. The van der Waals surface area contributed by atoms with E-state index in [9.17, 15) is 4.79 Å². The van der Waals surface area contributed by atoms with E-state index in [0.717, 1.165) is 56.8 Å². The number of nitrogens with zero attached hydrogens (tertiary/aromatic N) is 1. The zero-order chi connectivity index (χ0) is 14.5. The lowest BCUT2D eigenvalue weighted by Crippen LogP contribution is -2.49.